The van der Waals surface area contributed by atoms with Gasteiger partial charge in [0.25, 0.3) is 0 Å². The van der Waals surface area contributed by atoms with Crippen LogP contribution in [-0.4, -0.2) is 24.9 Å². The van der Waals surface area contributed by atoms with Crippen molar-refractivity contribution in [2.45, 2.75) is 26.5 Å². The molecule has 3 nitrogen and oxygen atoms in total. The van der Waals surface area contributed by atoms with E-state index in [0.717, 1.165) is 21.9 Å². The summed E-state index contributed by atoms with van der Waals surface area (Å²) in [5.74, 6) is 0.819. The van der Waals surface area contributed by atoms with Crippen molar-refractivity contribution >= 4 is 11.6 Å². The van der Waals surface area contributed by atoms with Gasteiger partial charge in [-0.15, -0.1) is 0 Å². The summed E-state index contributed by atoms with van der Waals surface area (Å²) in [7, 11) is 1.64. The topological polar surface area (TPSA) is 41.5 Å². The molecule has 0 spiro atoms. The first-order chi connectivity index (χ1) is 7.54. The zero-order valence-corrected chi connectivity index (χ0v) is 10.6. The summed E-state index contributed by atoms with van der Waals surface area (Å²) in [5, 5.41) is 13.0. The summed E-state index contributed by atoms with van der Waals surface area (Å²) in [4.78, 5) is 0. The minimum atomic E-state index is -0.355. The Morgan fingerprint density at radius 3 is 2.75 bits per heavy atom. The van der Waals surface area contributed by atoms with Crippen LogP contribution in [0.2, 0.25) is 5.02 Å². The molecule has 1 unspecified atom stereocenters. The summed E-state index contributed by atoms with van der Waals surface area (Å²) in [6.07, 6.45) is -0.355. The van der Waals surface area contributed by atoms with Crippen molar-refractivity contribution in [3.05, 3.63) is 28.3 Å². The predicted octanol–water partition coefficient (Wildman–Crippen LogP) is 2.13. The number of aliphatic hydroxyl groups excluding tert-OH is 1. The number of aryl methyl sites for hydroxylation is 1. The largest absolute Gasteiger partial charge is 0.496 e. The van der Waals surface area contributed by atoms with Crippen LogP contribution in [0.3, 0.4) is 0 Å². The lowest BCUT2D eigenvalue weighted by atomic mass is 10.1. The molecule has 0 radical (unpaired) electrons. The van der Waals surface area contributed by atoms with Crippen LogP contribution in [0, 0.1) is 6.92 Å². The van der Waals surface area contributed by atoms with Crippen LogP contribution in [-0.2, 0) is 6.54 Å². The summed E-state index contributed by atoms with van der Waals surface area (Å²) < 4.78 is 5.28. The molecule has 4 heteroatoms. The first-order valence-electron chi connectivity index (χ1n) is 5.26. The van der Waals surface area contributed by atoms with E-state index in [1.807, 2.05) is 19.1 Å². The molecular formula is C12H18ClNO2. The van der Waals surface area contributed by atoms with Crippen LogP contribution < -0.4 is 10.1 Å². The predicted molar refractivity (Wildman–Crippen MR) is 66.1 cm³/mol. The molecule has 0 saturated carbocycles. The van der Waals surface area contributed by atoms with E-state index < -0.39 is 0 Å². The second-order valence-corrected chi connectivity index (χ2v) is 4.30. The molecule has 2 N–H and O–H groups in total. The van der Waals surface area contributed by atoms with Crippen LogP contribution in [0.25, 0.3) is 0 Å². The van der Waals surface area contributed by atoms with Gasteiger partial charge in [0, 0.05) is 23.7 Å². The highest BCUT2D eigenvalue weighted by molar-refractivity contribution is 6.31. The smallest absolute Gasteiger partial charge is 0.123 e. The molecule has 1 aromatic carbocycles. The standard InChI is InChI=1S/C12H18ClNO2/c1-8-4-12(16-3)10(5-11(8)13)7-14-6-9(2)15/h4-5,9,14-15H,6-7H2,1-3H3. The Morgan fingerprint density at radius 2 is 2.19 bits per heavy atom. The average molecular weight is 244 g/mol. The number of hydrogen-bond acceptors (Lipinski definition) is 3. The summed E-state index contributed by atoms with van der Waals surface area (Å²) in [5.41, 5.74) is 2.00. The van der Waals surface area contributed by atoms with E-state index in [1.54, 1.807) is 14.0 Å². The van der Waals surface area contributed by atoms with E-state index in [4.69, 9.17) is 21.4 Å². The molecule has 0 aliphatic carbocycles. The van der Waals surface area contributed by atoms with E-state index >= 15 is 0 Å². The van der Waals surface area contributed by atoms with Gasteiger partial charge in [0.1, 0.15) is 5.75 Å². The van der Waals surface area contributed by atoms with Gasteiger partial charge in [0.15, 0.2) is 0 Å². The quantitative estimate of drug-likeness (QED) is 0.833. The van der Waals surface area contributed by atoms with Crippen molar-refractivity contribution in [1.82, 2.24) is 5.32 Å². The van der Waals surface area contributed by atoms with Gasteiger partial charge in [-0.05, 0) is 31.5 Å². The molecule has 0 fully saturated rings. The number of aliphatic hydroxyl groups is 1. The maximum Gasteiger partial charge on any atom is 0.123 e. The lowest BCUT2D eigenvalue weighted by molar-refractivity contribution is 0.191. The first kappa shape index (κ1) is 13.3. The van der Waals surface area contributed by atoms with Crippen molar-refractivity contribution < 1.29 is 9.84 Å². The SMILES string of the molecule is COc1cc(C)c(Cl)cc1CNCC(C)O. The van der Waals surface area contributed by atoms with E-state index in [0.29, 0.717) is 13.1 Å². The third-order valence-electron chi connectivity index (χ3n) is 2.32. The van der Waals surface area contributed by atoms with E-state index in [9.17, 15) is 0 Å². The molecule has 0 aromatic heterocycles. The van der Waals surface area contributed by atoms with Crippen molar-refractivity contribution in [2.75, 3.05) is 13.7 Å². The van der Waals surface area contributed by atoms with Crippen molar-refractivity contribution in [1.29, 1.82) is 0 Å². The lowest BCUT2D eigenvalue weighted by Gasteiger charge is -2.12. The van der Waals surface area contributed by atoms with Gasteiger partial charge < -0.3 is 15.2 Å². The fourth-order valence-electron chi connectivity index (χ4n) is 1.44. The molecule has 0 heterocycles. The van der Waals surface area contributed by atoms with Crippen LogP contribution >= 0.6 is 11.6 Å². The van der Waals surface area contributed by atoms with Crippen molar-refractivity contribution in [3.8, 4) is 5.75 Å². The van der Waals surface area contributed by atoms with Crippen molar-refractivity contribution in [3.63, 3.8) is 0 Å². The van der Waals surface area contributed by atoms with E-state index in [1.165, 1.54) is 0 Å². The summed E-state index contributed by atoms with van der Waals surface area (Å²) in [6, 6.07) is 3.81. The zero-order valence-electron chi connectivity index (χ0n) is 9.88. The summed E-state index contributed by atoms with van der Waals surface area (Å²) >= 11 is 6.05. The van der Waals surface area contributed by atoms with Gasteiger partial charge >= 0.3 is 0 Å². The Morgan fingerprint density at radius 1 is 1.50 bits per heavy atom. The Labute approximate surface area is 101 Å². The molecule has 90 valence electrons. The molecule has 0 bridgehead atoms. The fourth-order valence-corrected chi connectivity index (χ4v) is 1.63. The molecular weight excluding hydrogens is 226 g/mol. The highest BCUT2D eigenvalue weighted by atomic mass is 35.5. The van der Waals surface area contributed by atoms with Gasteiger partial charge in [0.2, 0.25) is 0 Å². The highest BCUT2D eigenvalue weighted by Gasteiger charge is 2.06. The molecule has 0 amide bonds. The first-order valence-corrected chi connectivity index (χ1v) is 5.64. The molecule has 1 rings (SSSR count). The number of ether oxygens (including phenoxy) is 1. The van der Waals surface area contributed by atoms with E-state index in [-0.39, 0.29) is 6.10 Å². The van der Waals surface area contributed by atoms with Gasteiger partial charge in [-0.25, -0.2) is 0 Å². The number of nitrogens with one attached hydrogen (secondary N) is 1. The second kappa shape index (κ2) is 6.09. The maximum absolute atomic E-state index is 9.14. The van der Waals surface area contributed by atoms with Gasteiger partial charge in [0.05, 0.1) is 13.2 Å². The Kier molecular flexibility index (Phi) is 5.06. The Bertz CT molecular complexity index is 353. The lowest BCUT2D eigenvalue weighted by Crippen LogP contribution is -2.24. The van der Waals surface area contributed by atoms with Crippen LogP contribution in [0.5, 0.6) is 5.75 Å². The summed E-state index contributed by atoms with van der Waals surface area (Å²) in [6.45, 7) is 4.87. The molecule has 1 atom stereocenters. The number of methoxy groups -OCH3 is 1. The van der Waals surface area contributed by atoms with Crippen molar-refractivity contribution in [2.24, 2.45) is 0 Å². The molecule has 0 aliphatic rings. The van der Waals surface area contributed by atoms with Crippen LogP contribution in [0.1, 0.15) is 18.1 Å². The van der Waals surface area contributed by atoms with Gasteiger partial charge in [-0.1, -0.05) is 11.6 Å². The van der Waals surface area contributed by atoms with Crippen LogP contribution in [0.4, 0.5) is 0 Å². The van der Waals surface area contributed by atoms with E-state index in [2.05, 4.69) is 5.32 Å². The van der Waals surface area contributed by atoms with Crippen LogP contribution in [0.15, 0.2) is 12.1 Å². The third kappa shape index (κ3) is 3.67. The number of hydrogen-bond donors (Lipinski definition) is 2. The number of benzene rings is 1. The minimum absolute atomic E-state index is 0.355. The molecule has 0 saturated heterocycles. The molecule has 0 aliphatic heterocycles. The Balaban J connectivity index is 2.74. The third-order valence-corrected chi connectivity index (χ3v) is 2.72. The average Bonchev–Trinajstić information content (AvgIpc) is 2.22. The minimum Gasteiger partial charge on any atom is -0.496 e. The number of rotatable bonds is 5. The Hall–Kier alpha value is -0.770. The maximum atomic E-state index is 9.14. The number of halogens is 1. The van der Waals surface area contributed by atoms with Gasteiger partial charge in [-0.2, -0.15) is 0 Å². The molecule has 16 heavy (non-hydrogen) atoms. The monoisotopic (exact) mass is 243 g/mol. The second-order valence-electron chi connectivity index (χ2n) is 3.89. The highest BCUT2D eigenvalue weighted by Crippen LogP contribution is 2.26. The molecule has 1 aromatic rings. The zero-order chi connectivity index (χ0) is 12.1. The van der Waals surface area contributed by atoms with Gasteiger partial charge in [-0.3, -0.25) is 0 Å². The normalized spacial score (nSPS) is 12.6. The fraction of sp³-hybridized carbons (Fsp3) is 0.500.